The second-order valence-electron chi connectivity index (χ2n) is 2.20. The topological polar surface area (TPSA) is 46.2 Å². The zero-order valence-corrected chi connectivity index (χ0v) is 9.65. The average molecular weight is 326 g/mol. The molecule has 3 nitrogen and oxygen atoms in total. The molecule has 0 aromatic carbocycles. The fourth-order valence-electron chi connectivity index (χ4n) is 0.653. The molecule has 1 N–H and O–H groups in total. The van der Waals surface area contributed by atoms with Gasteiger partial charge in [-0.1, -0.05) is 13.3 Å². The third kappa shape index (κ3) is 6.24. The van der Waals surface area contributed by atoms with E-state index in [9.17, 15) is 9.59 Å². The largest absolute Gasteiger partial charge is 0.542 e. The first-order chi connectivity index (χ1) is 4.72. The number of carbonyl (C=O) groups excluding carboxylic acids is 2. The van der Waals surface area contributed by atoms with Gasteiger partial charge in [0.05, 0.1) is 0 Å². The van der Waals surface area contributed by atoms with Crippen LogP contribution in [0.2, 0.25) is 0 Å². The summed E-state index contributed by atoms with van der Waals surface area (Å²) in [5.41, 5.74) is 0. The van der Waals surface area contributed by atoms with Gasteiger partial charge in [0.2, 0.25) is 5.91 Å². The fourth-order valence-corrected chi connectivity index (χ4v) is 0.653. The Morgan fingerprint density at radius 1 is 1.64 bits per heavy atom. The molecule has 1 atom stereocenters. The molecule has 0 spiro atoms. The summed E-state index contributed by atoms with van der Waals surface area (Å²) in [6, 6.07) is 0. The molecule has 1 amide bonds. The number of carbonyl (C=O) groups is 1. The van der Waals surface area contributed by atoms with E-state index in [2.05, 4.69) is 5.32 Å². The zero-order valence-electron chi connectivity index (χ0n) is 6.72. The molecule has 0 aromatic rings. The molecule has 0 radical (unpaired) electrons. The van der Waals surface area contributed by atoms with E-state index in [1.807, 2.05) is 0 Å². The van der Waals surface area contributed by atoms with Gasteiger partial charge in [-0.05, 0) is 0 Å². The van der Waals surface area contributed by atoms with E-state index in [0.29, 0.717) is 12.8 Å². The number of hydrogen-bond donors (Lipinski definition) is 1. The van der Waals surface area contributed by atoms with E-state index in [1.165, 1.54) is 0 Å². The fraction of sp³-hybridized carbons (Fsp3) is 0.714. The summed E-state index contributed by atoms with van der Waals surface area (Å²) in [5, 5.41) is 2.50. The van der Waals surface area contributed by atoms with Gasteiger partial charge in [-0.3, -0.25) is 11.1 Å². The summed E-state index contributed by atoms with van der Waals surface area (Å²) in [5.74, 6) is -0.0956. The Bertz CT molecular complexity index is 128. The molecular weight excluding hydrogens is 314 g/mol. The molecule has 0 heterocycles. The van der Waals surface area contributed by atoms with E-state index >= 15 is 0 Å². The third-order valence-electron chi connectivity index (χ3n) is 1.37. The van der Waals surface area contributed by atoms with Crippen molar-refractivity contribution >= 4 is 12.2 Å². The first kappa shape index (κ1) is 13.4. The predicted molar refractivity (Wildman–Crippen MR) is 38.2 cm³/mol. The van der Waals surface area contributed by atoms with Gasteiger partial charge in [0.15, 0.2) is 0 Å². The zero-order chi connectivity index (χ0) is 7.98. The van der Waals surface area contributed by atoms with Crippen molar-refractivity contribution in [2.45, 2.75) is 19.8 Å². The van der Waals surface area contributed by atoms with Crippen LogP contribution in [0.25, 0.3) is 0 Å². The minimum Gasteiger partial charge on any atom is -0.542 e. The molecule has 0 aromatic heterocycles. The van der Waals surface area contributed by atoms with Crippen LogP contribution in [0.15, 0.2) is 0 Å². The van der Waals surface area contributed by atoms with Crippen LogP contribution < -0.4 is 5.32 Å². The standard InChI is InChI=1S/C7H12NO2.W/c1-6(4-3-5-9)7(10)8-2;/h6H,3-4H2,1-2H3,(H,8,10);/q-1;. The maximum atomic E-state index is 10.8. The van der Waals surface area contributed by atoms with E-state index in [-0.39, 0.29) is 32.9 Å². The SMILES string of the molecule is CNC(=O)C(C)CC[C-]=O.[W]. The summed E-state index contributed by atoms with van der Waals surface area (Å²) in [7, 11) is 1.59. The van der Waals surface area contributed by atoms with Crippen molar-refractivity contribution in [3.8, 4) is 0 Å². The molecule has 0 aliphatic heterocycles. The Kier molecular flexibility index (Phi) is 9.67. The van der Waals surface area contributed by atoms with Crippen molar-refractivity contribution in [2.24, 2.45) is 5.92 Å². The molecule has 0 aliphatic rings. The predicted octanol–water partition coefficient (Wildman–Crippen LogP) is 0.256. The van der Waals surface area contributed by atoms with Gasteiger partial charge in [0, 0.05) is 34.0 Å². The summed E-state index contributed by atoms with van der Waals surface area (Å²) >= 11 is 0. The van der Waals surface area contributed by atoms with Crippen molar-refractivity contribution in [1.29, 1.82) is 0 Å². The normalized spacial score (nSPS) is 11.1. The van der Waals surface area contributed by atoms with Crippen molar-refractivity contribution < 1.29 is 30.7 Å². The van der Waals surface area contributed by atoms with Crippen LogP contribution in [0.4, 0.5) is 0 Å². The smallest absolute Gasteiger partial charge is 0.222 e. The molecule has 0 aliphatic carbocycles. The Hall–Kier alpha value is -0.172. The van der Waals surface area contributed by atoms with Gasteiger partial charge in [0.25, 0.3) is 0 Å². The molecule has 1 unspecified atom stereocenters. The number of rotatable bonds is 4. The second-order valence-corrected chi connectivity index (χ2v) is 2.20. The van der Waals surface area contributed by atoms with E-state index < -0.39 is 0 Å². The Balaban J connectivity index is 0. The number of hydrogen-bond acceptors (Lipinski definition) is 2. The molecule has 4 heteroatoms. The number of amides is 1. The van der Waals surface area contributed by atoms with E-state index in [4.69, 9.17) is 0 Å². The molecule has 0 fully saturated rings. The van der Waals surface area contributed by atoms with Crippen LogP contribution in [-0.2, 0) is 30.7 Å². The average Bonchev–Trinajstić information content (AvgIpc) is 1.98. The Labute approximate surface area is 81.2 Å². The number of nitrogens with one attached hydrogen (secondary N) is 1. The molecule has 0 saturated heterocycles. The van der Waals surface area contributed by atoms with Gasteiger partial charge in [-0.15, -0.1) is 0 Å². The first-order valence-corrected chi connectivity index (χ1v) is 3.29. The van der Waals surface area contributed by atoms with E-state index in [1.54, 1.807) is 20.3 Å². The quantitative estimate of drug-likeness (QED) is 0.753. The molecular formula is C7H12NO2W-. The van der Waals surface area contributed by atoms with Gasteiger partial charge in [0.1, 0.15) is 0 Å². The van der Waals surface area contributed by atoms with Crippen molar-refractivity contribution in [3.63, 3.8) is 0 Å². The molecule has 11 heavy (non-hydrogen) atoms. The van der Waals surface area contributed by atoms with Crippen LogP contribution in [0.5, 0.6) is 0 Å². The summed E-state index contributed by atoms with van der Waals surface area (Å²) < 4.78 is 0. The van der Waals surface area contributed by atoms with Crippen LogP contribution in [-0.4, -0.2) is 19.2 Å². The van der Waals surface area contributed by atoms with Gasteiger partial charge in [-0.2, -0.15) is 6.42 Å². The minimum atomic E-state index is -0.0774. The summed E-state index contributed by atoms with van der Waals surface area (Å²) in [6.07, 6.45) is 2.68. The van der Waals surface area contributed by atoms with Crippen molar-refractivity contribution in [1.82, 2.24) is 5.32 Å². The van der Waals surface area contributed by atoms with Crippen LogP contribution in [0.1, 0.15) is 19.8 Å². The molecule has 0 rings (SSSR count). The van der Waals surface area contributed by atoms with Gasteiger partial charge >= 0.3 is 0 Å². The maximum Gasteiger partial charge on any atom is 0.222 e. The van der Waals surface area contributed by atoms with Crippen LogP contribution in [0.3, 0.4) is 0 Å². The third-order valence-corrected chi connectivity index (χ3v) is 1.37. The molecule has 0 saturated carbocycles. The molecule has 64 valence electrons. The Morgan fingerprint density at radius 3 is 2.55 bits per heavy atom. The van der Waals surface area contributed by atoms with Crippen molar-refractivity contribution in [2.75, 3.05) is 7.05 Å². The maximum absolute atomic E-state index is 10.8. The van der Waals surface area contributed by atoms with Crippen LogP contribution in [0, 0.1) is 5.92 Å². The Morgan fingerprint density at radius 2 is 2.18 bits per heavy atom. The first-order valence-electron chi connectivity index (χ1n) is 3.29. The summed E-state index contributed by atoms with van der Waals surface area (Å²) in [4.78, 5) is 20.5. The summed E-state index contributed by atoms with van der Waals surface area (Å²) in [6.45, 7) is 1.79. The minimum absolute atomic E-state index is 0. The molecule has 0 bridgehead atoms. The van der Waals surface area contributed by atoms with Gasteiger partial charge in [-0.25, -0.2) is 0 Å². The monoisotopic (exact) mass is 326 g/mol. The van der Waals surface area contributed by atoms with Crippen molar-refractivity contribution in [3.05, 3.63) is 0 Å². The van der Waals surface area contributed by atoms with E-state index in [0.717, 1.165) is 0 Å². The van der Waals surface area contributed by atoms with Crippen LogP contribution >= 0.6 is 0 Å². The van der Waals surface area contributed by atoms with Gasteiger partial charge < -0.3 is 10.1 Å². The second kappa shape index (κ2) is 7.93.